The molecule has 1 atom stereocenters. The summed E-state index contributed by atoms with van der Waals surface area (Å²) in [5.74, 6) is 0.780. The molecule has 2 aromatic carbocycles. The molecule has 1 aliphatic rings. The standard InChI is InChI=1S/C16H15BrN2O2/c1-20-14-7-3-5-12(9-14)16(10-21-15(18)19-16)11-4-2-6-13(17)8-11/h2-9H,10H2,1H3,(H2,18,19). The third-order valence-electron chi connectivity index (χ3n) is 3.58. The highest BCUT2D eigenvalue weighted by Gasteiger charge is 2.40. The molecule has 0 radical (unpaired) electrons. The molecule has 0 bridgehead atoms. The van der Waals surface area contributed by atoms with Gasteiger partial charge in [-0.15, -0.1) is 0 Å². The molecule has 1 unspecified atom stereocenters. The topological polar surface area (TPSA) is 56.8 Å². The van der Waals surface area contributed by atoms with Crippen molar-refractivity contribution in [3.05, 3.63) is 64.1 Å². The van der Waals surface area contributed by atoms with Crippen LogP contribution in [0.15, 0.2) is 58.0 Å². The molecule has 0 spiro atoms. The van der Waals surface area contributed by atoms with Gasteiger partial charge in [0.05, 0.1) is 7.11 Å². The van der Waals surface area contributed by atoms with Crippen LogP contribution in [0.4, 0.5) is 0 Å². The number of hydrogen-bond donors (Lipinski definition) is 1. The molecule has 5 heteroatoms. The Balaban J connectivity index is 2.18. The fourth-order valence-corrected chi connectivity index (χ4v) is 2.92. The molecule has 1 aliphatic heterocycles. The van der Waals surface area contributed by atoms with Gasteiger partial charge in [0.15, 0.2) is 5.54 Å². The fraction of sp³-hybridized carbons (Fsp3) is 0.188. The van der Waals surface area contributed by atoms with Crippen LogP contribution in [0.2, 0.25) is 0 Å². The van der Waals surface area contributed by atoms with Crippen molar-refractivity contribution in [2.45, 2.75) is 5.54 Å². The van der Waals surface area contributed by atoms with E-state index in [9.17, 15) is 0 Å². The van der Waals surface area contributed by atoms with E-state index in [0.717, 1.165) is 21.3 Å². The van der Waals surface area contributed by atoms with Gasteiger partial charge in [0, 0.05) is 4.47 Å². The van der Waals surface area contributed by atoms with Crippen molar-refractivity contribution >= 4 is 22.0 Å². The predicted octanol–water partition coefficient (Wildman–Crippen LogP) is 3.05. The molecule has 0 aromatic heterocycles. The third kappa shape index (κ3) is 2.49. The molecule has 0 fully saturated rings. The summed E-state index contributed by atoms with van der Waals surface area (Å²) in [6, 6.07) is 16.0. The van der Waals surface area contributed by atoms with Gasteiger partial charge >= 0.3 is 0 Å². The van der Waals surface area contributed by atoms with Crippen LogP contribution in [0, 0.1) is 0 Å². The van der Waals surface area contributed by atoms with Gasteiger partial charge in [0.1, 0.15) is 12.4 Å². The van der Waals surface area contributed by atoms with Crippen molar-refractivity contribution in [2.75, 3.05) is 13.7 Å². The predicted molar refractivity (Wildman–Crippen MR) is 85.5 cm³/mol. The Bertz CT molecular complexity index is 702. The number of rotatable bonds is 3. The van der Waals surface area contributed by atoms with Crippen LogP contribution in [0.3, 0.4) is 0 Å². The van der Waals surface area contributed by atoms with E-state index in [1.165, 1.54) is 0 Å². The molecule has 4 nitrogen and oxygen atoms in total. The number of halogens is 1. The summed E-state index contributed by atoms with van der Waals surface area (Å²) >= 11 is 3.50. The van der Waals surface area contributed by atoms with E-state index in [1.54, 1.807) is 7.11 Å². The lowest BCUT2D eigenvalue weighted by Gasteiger charge is -2.25. The molecule has 2 N–H and O–H groups in total. The second-order valence-corrected chi connectivity index (χ2v) is 5.76. The molecular weight excluding hydrogens is 332 g/mol. The lowest BCUT2D eigenvalue weighted by Crippen LogP contribution is -2.27. The van der Waals surface area contributed by atoms with Crippen LogP contribution in [-0.4, -0.2) is 19.7 Å². The number of nitrogens with zero attached hydrogens (tertiary/aromatic N) is 1. The number of aliphatic imine (C=N–C) groups is 1. The van der Waals surface area contributed by atoms with Gasteiger partial charge in [-0.2, -0.15) is 0 Å². The van der Waals surface area contributed by atoms with E-state index in [0.29, 0.717) is 6.61 Å². The summed E-state index contributed by atoms with van der Waals surface area (Å²) < 4.78 is 11.8. The number of nitrogens with two attached hydrogens (primary N) is 1. The van der Waals surface area contributed by atoms with E-state index >= 15 is 0 Å². The van der Waals surface area contributed by atoms with Crippen molar-refractivity contribution in [1.82, 2.24) is 0 Å². The Morgan fingerprint density at radius 1 is 1.19 bits per heavy atom. The quantitative estimate of drug-likeness (QED) is 0.929. The van der Waals surface area contributed by atoms with Gasteiger partial charge in [0.2, 0.25) is 0 Å². The van der Waals surface area contributed by atoms with Crippen molar-refractivity contribution in [3.8, 4) is 5.75 Å². The Morgan fingerprint density at radius 2 is 1.90 bits per heavy atom. The number of amidine groups is 1. The monoisotopic (exact) mass is 346 g/mol. The first-order chi connectivity index (χ1) is 10.1. The van der Waals surface area contributed by atoms with E-state index in [4.69, 9.17) is 15.2 Å². The largest absolute Gasteiger partial charge is 0.497 e. The highest BCUT2D eigenvalue weighted by Crippen LogP contribution is 2.39. The summed E-state index contributed by atoms with van der Waals surface area (Å²) in [5.41, 5.74) is 7.15. The number of methoxy groups -OCH3 is 1. The first-order valence-electron chi connectivity index (χ1n) is 6.53. The maximum Gasteiger partial charge on any atom is 0.283 e. The first kappa shape index (κ1) is 13.9. The number of benzene rings is 2. The van der Waals surface area contributed by atoms with Crippen LogP contribution < -0.4 is 10.5 Å². The van der Waals surface area contributed by atoms with Crippen LogP contribution in [-0.2, 0) is 10.3 Å². The van der Waals surface area contributed by atoms with Crippen molar-refractivity contribution in [2.24, 2.45) is 10.7 Å². The van der Waals surface area contributed by atoms with Gasteiger partial charge in [-0.3, -0.25) is 0 Å². The SMILES string of the molecule is COc1cccc(C2(c3cccc(Br)c3)COC(N)=N2)c1. The fourth-order valence-electron chi connectivity index (χ4n) is 2.52. The van der Waals surface area contributed by atoms with Gasteiger partial charge in [-0.25, -0.2) is 4.99 Å². The Morgan fingerprint density at radius 3 is 2.52 bits per heavy atom. The number of ether oxygens (including phenoxy) is 2. The molecular formula is C16H15BrN2O2. The van der Waals surface area contributed by atoms with Gasteiger partial charge < -0.3 is 15.2 Å². The Hall–Kier alpha value is -2.01. The average Bonchev–Trinajstić information content (AvgIpc) is 2.91. The normalized spacial score (nSPS) is 20.8. The van der Waals surface area contributed by atoms with Crippen LogP contribution in [0.1, 0.15) is 11.1 Å². The second-order valence-electron chi connectivity index (χ2n) is 4.84. The molecule has 0 aliphatic carbocycles. The van der Waals surface area contributed by atoms with E-state index in [-0.39, 0.29) is 6.02 Å². The van der Waals surface area contributed by atoms with Crippen LogP contribution in [0.25, 0.3) is 0 Å². The summed E-state index contributed by atoms with van der Waals surface area (Å²) in [5, 5.41) is 0. The zero-order chi connectivity index (χ0) is 14.9. The molecule has 0 amide bonds. The first-order valence-corrected chi connectivity index (χ1v) is 7.32. The minimum Gasteiger partial charge on any atom is -0.497 e. The van der Waals surface area contributed by atoms with Crippen LogP contribution >= 0.6 is 15.9 Å². The van der Waals surface area contributed by atoms with E-state index in [2.05, 4.69) is 20.9 Å². The maximum absolute atomic E-state index is 5.78. The average molecular weight is 347 g/mol. The molecule has 2 aromatic rings. The van der Waals surface area contributed by atoms with E-state index < -0.39 is 5.54 Å². The molecule has 21 heavy (non-hydrogen) atoms. The maximum atomic E-state index is 5.78. The highest BCUT2D eigenvalue weighted by atomic mass is 79.9. The summed E-state index contributed by atoms with van der Waals surface area (Å²) in [4.78, 5) is 4.57. The molecule has 0 saturated carbocycles. The lowest BCUT2D eigenvalue weighted by atomic mass is 9.84. The van der Waals surface area contributed by atoms with Gasteiger partial charge in [0.25, 0.3) is 6.02 Å². The smallest absolute Gasteiger partial charge is 0.283 e. The lowest BCUT2D eigenvalue weighted by molar-refractivity contribution is 0.278. The van der Waals surface area contributed by atoms with Gasteiger partial charge in [-0.1, -0.05) is 40.2 Å². The molecule has 1 heterocycles. The van der Waals surface area contributed by atoms with Gasteiger partial charge in [-0.05, 0) is 35.4 Å². The summed E-state index contributed by atoms with van der Waals surface area (Å²) in [6.45, 7) is 0.377. The zero-order valence-corrected chi connectivity index (χ0v) is 13.1. The molecule has 0 saturated heterocycles. The van der Waals surface area contributed by atoms with Crippen molar-refractivity contribution in [1.29, 1.82) is 0 Å². The molecule has 3 rings (SSSR count). The van der Waals surface area contributed by atoms with Crippen molar-refractivity contribution in [3.63, 3.8) is 0 Å². The number of hydrogen-bond acceptors (Lipinski definition) is 4. The summed E-state index contributed by atoms with van der Waals surface area (Å²) in [7, 11) is 1.65. The minimum absolute atomic E-state index is 0.206. The zero-order valence-electron chi connectivity index (χ0n) is 11.5. The highest BCUT2D eigenvalue weighted by molar-refractivity contribution is 9.10. The van der Waals surface area contributed by atoms with Crippen molar-refractivity contribution < 1.29 is 9.47 Å². The summed E-state index contributed by atoms with van der Waals surface area (Å²) in [6.07, 6.45) is 0. The third-order valence-corrected chi connectivity index (χ3v) is 4.07. The molecule has 108 valence electrons. The van der Waals surface area contributed by atoms with E-state index in [1.807, 2.05) is 48.5 Å². The van der Waals surface area contributed by atoms with Crippen LogP contribution in [0.5, 0.6) is 5.75 Å². The second kappa shape index (κ2) is 5.41. The Labute approximate surface area is 131 Å². The Kier molecular flexibility index (Phi) is 3.59. The minimum atomic E-state index is -0.637.